The van der Waals surface area contributed by atoms with Gasteiger partial charge >= 0.3 is 0 Å². The van der Waals surface area contributed by atoms with Gasteiger partial charge in [-0.15, -0.1) is 0 Å². The Morgan fingerprint density at radius 3 is 2.45 bits per heavy atom. The number of benzene rings is 2. The van der Waals surface area contributed by atoms with Crippen molar-refractivity contribution in [3.8, 4) is 0 Å². The average Bonchev–Trinajstić information content (AvgIpc) is 2.51. The number of nitrogens with zero attached hydrogens (tertiary/aromatic N) is 2. The van der Waals surface area contributed by atoms with E-state index in [4.69, 9.17) is 5.84 Å². The molecule has 20 heavy (non-hydrogen) atoms. The maximum Gasteiger partial charge on any atom is 0.281 e. The van der Waals surface area contributed by atoms with Crippen molar-refractivity contribution in [3.63, 3.8) is 0 Å². The van der Waals surface area contributed by atoms with Gasteiger partial charge in [-0.3, -0.25) is 15.6 Å². The predicted octanol–water partition coefficient (Wildman–Crippen LogP) is 1.56. The van der Waals surface area contributed by atoms with Crippen molar-refractivity contribution in [2.45, 2.75) is 0 Å². The summed E-state index contributed by atoms with van der Waals surface area (Å²) in [6, 6.07) is 16.5. The maximum atomic E-state index is 12.5. The fourth-order valence-electron chi connectivity index (χ4n) is 1.98. The van der Waals surface area contributed by atoms with Crippen molar-refractivity contribution in [1.82, 2.24) is 9.66 Å². The Bertz CT molecular complexity index is 798. The number of anilines is 2. The van der Waals surface area contributed by atoms with Crippen LogP contribution >= 0.6 is 0 Å². The maximum absolute atomic E-state index is 12.5. The van der Waals surface area contributed by atoms with Crippen molar-refractivity contribution in [1.29, 1.82) is 0 Å². The van der Waals surface area contributed by atoms with Crippen molar-refractivity contribution >= 4 is 22.5 Å². The molecular formula is C14H13N5O. The summed E-state index contributed by atoms with van der Waals surface area (Å²) in [4.78, 5) is 16.8. The smallest absolute Gasteiger partial charge is 0.281 e. The summed E-state index contributed by atoms with van der Waals surface area (Å²) in [5, 5.41) is 0.523. The highest BCUT2D eigenvalue weighted by molar-refractivity contribution is 5.78. The van der Waals surface area contributed by atoms with Gasteiger partial charge in [-0.1, -0.05) is 30.3 Å². The van der Waals surface area contributed by atoms with E-state index in [1.807, 2.05) is 36.4 Å². The first kappa shape index (κ1) is 12.2. The summed E-state index contributed by atoms with van der Waals surface area (Å²) in [7, 11) is 0. The lowest BCUT2D eigenvalue weighted by Gasteiger charge is -2.14. The lowest BCUT2D eigenvalue weighted by atomic mass is 10.2. The summed E-state index contributed by atoms with van der Waals surface area (Å²) < 4.78 is 1.29. The minimum absolute atomic E-state index is 0.215. The Morgan fingerprint density at radius 1 is 1.00 bits per heavy atom. The van der Waals surface area contributed by atoms with E-state index in [0.29, 0.717) is 10.9 Å². The lowest BCUT2D eigenvalue weighted by Crippen LogP contribution is -2.31. The lowest BCUT2D eigenvalue weighted by molar-refractivity contribution is 0.880. The molecule has 0 fully saturated rings. The van der Waals surface area contributed by atoms with Crippen LogP contribution in [0, 0.1) is 0 Å². The molecular weight excluding hydrogens is 254 g/mol. The molecule has 6 heteroatoms. The zero-order valence-corrected chi connectivity index (χ0v) is 10.6. The fraction of sp³-hybridized carbons (Fsp3) is 0. The first-order valence-electron chi connectivity index (χ1n) is 6.10. The molecule has 0 radical (unpaired) electrons. The van der Waals surface area contributed by atoms with Crippen molar-refractivity contribution in [2.75, 3.05) is 10.9 Å². The second-order valence-corrected chi connectivity index (χ2v) is 4.22. The van der Waals surface area contributed by atoms with E-state index >= 15 is 0 Å². The van der Waals surface area contributed by atoms with Gasteiger partial charge in [0.15, 0.2) is 0 Å². The molecule has 3 rings (SSSR count). The molecule has 6 nitrogen and oxygen atoms in total. The van der Waals surface area contributed by atoms with Gasteiger partial charge in [0, 0.05) is 0 Å². The fourth-order valence-corrected chi connectivity index (χ4v) is 1.98. The van der Waals surface area contributed by atoms with Crippen LogP contribution in [-0.2, 0) is 0 Å². The Balaban J connectivity index is 2.18. The number of para-hydroxylation sites is 2. The van der Waals surface area contributed by atoms with E-state index in [9.17, 15) is 4.79 Å². The van der Waals surface area contributed by atoms with E-state index in [1.165, 1.54) is 4.68 Å². The third-order valence-electron chi connectivity index (χ3n) is 2.92. The number of hydrogen-bond acceptors (Lipinski definition) is 5. The Kier molecular flexibility index (Phi) is 3.06. The monoisotopic (exact) mass is 267 g/mol. The number of nitrogen functional groups attached to an aromatic ring is 1. The Labute approximate surface area is 114 Å². The summed E-state index contributed by atoms with van der Waals surface area (Å²) in [5.41, 5.74) is 6.57. The third-order valence-corrected chi connectivity index (χ3v) is 2.92. The summed E-state index contributed by atoms with van der Waals surface area (Å²) >= 11 is 0. The molecule has 0 aliphatic carbocycles. The minimum Gasteiger partial charge on any atom is -0.292 e. The Hall–Kier alpha value is -2.86. The summed E-state index contributed by atoms with van der Waals surface area (Å²) in [6.07, 6.45) is 0. The topological polar surface area (TPSA) is 85.0 Å². The molecule has 1 heterocycles. The Morgan fingerprint density at radius 2 is 1.70 bits per heavy atom. The molecule has 2 aromatic carbocycles. The van der Waals surface area contributed by atoms with Gasteiger partial charge in [-0.2, -0.15) is 4.68 Å². The van der Waals surface area contributed by atoms with Gasteiger partial charge in [-0.05, 0) is 24.3 Å². The van der Waals surface area contributed by atoms with E-state index in [0.717, 1.165) is 5.69 Å². The molecule has 0 atom stereocenters. The molecule has 0 unspecified atom stereocenters. The number of hydrogen-bond donors (Lipinski definition) is 3. The van der Waals surface area contributed by atoms with Crippen LogP contribution in [0.25, 0.3) is 10.9 Å². The van der Waals surface area contributed by atoms with Crippen LogP contribution in [0.15, 0.2) is 59.4 Å². The van der Waals surface area contributed by atoms with Crippen LogP contribution in [0.3, 0.4) is 0 Å². The zero-order chi connectivity index (χ0) is 13.9. The molecule has 3 aromatic rings. The number of fused-ring (bicyclic) bond motifs is 1. The van der Waals surface area contributed by atoms with Crippen LogP contribution < -0.4 is 22.3 Å². The molecule has 1 aromatic heterocycles. The van der Waals surface area contributed by atoms with Crippen LogP contribution in [0.4, 0.5) is 11.6 Å². The van der Waals surface area contributed by atoms with Gasteiger partial charge in [-0.25, -0.2) is 10.8 Å². The minimum atomic E-state index is -0.215. The number of nitrogens with two attached hydrogens (primary N) is 1. The summed E-state index contributed by atoms with van der Waals surface area (Å²) in [5.74, 6) is 5.70. The summed E-state index contributed by atoms with van der Waals surface area (Å²) in [6.45, 7) is 0. The molecule has 100 valence electrons. The van der Waals surface area contributed by atoms with Gasteiger partial charge in [0.05, 0.1) is 16.6 Å². The normalized spacial score (nSPS) is 10.4. The number of hydrazine groups is 1. The van der Waals surface area contributed by atoms with Crippen LogP contribution in [-0.4, -0.2) is 9.66 Å². The highest BCUT2D eigenvalue weighted by atomic mass is 16.1. The molecule has 0 aliphatic heterocycles. The van der Waals surface area contributed by atoms with Crippen LogP contribution in [0.1, 0.15) is 0 Å². The van der Waals surface area contributed by atoms with Crippen LogP contribution in [0.2, 0.25) is 0 Å². The first-order valence-corrected chi connectivity index (χ1v) is 6.10. The molecule has 0 spiro atoms. The van der Waals surface area contributed by atoms with E-state index in [1.54, 1.807) is 18.2 Å². The third kappa shape index (κ3) is 2.08. The number of rotatable bonds is 3. The average molecular weight is 267 g/mol. The van der Waals surface area contributed by atoms with Gasteiger partial charge in [0.25, 0.3) is 5.56 Å². The molecule has 0 bridgehead atoms. The quantitative estimate of drug-likeness (QED) is 0.495. The molecule has 0 saturated carbocycles. The second-order valence-electron chi connectivity index (χ2n) is 4.22. The zero-order valence-electron chi connectivity index (χ0n) is 10.6. The molecule has 0 saturated heterocycles. The van der Waals surface area contributed by atoms with E-state index < -0.39 is 0 Å². The van der Waals surface area contributed by atoms with Crippen LogP contribution in [0.5, 0.6) is 0 Å². The molecule has 4 N–H and O–H groups in total. The van der Waals surface area contributed by atoms with Crippen molar-refractivity contribution in [2.24, 2.45) is 5.84 Å². The van der Waals surface area contributed by atoms with Crippen molar-refractivity contribution < 1.29 is 0 Å². The number of aromatic nitrogens is 2. The van der Waals surface area contributed by atoms with Gasteiger partial charge < -0.3 is 0 Å². The first-order chi connectivity index (χ1) is 9.79. The SMILES string of the molecule is NNc1nc2ccccc2c(=O)n1Nc1ccccc1. The van der Waals surface area contributed by atoms with Crippen molar-refractivity contribution in [3.05, 3.63) is 65.0 Å². The van der Waals surface area contributed by atoms with Gasteiger partial charge in [0.2, 0.25) is 5.95 Å². The second kappa shape index (κ2) is 5.02. The molecule has 0 amide bonds. The van der Waals surface area contributed by atoms with E-state index in [2.05, 4.69) is 15.8 Å². The largest absolute Gasteiger partial charge is 0.292 e. The highest BCUT2D eigenvalue weighted by Crippen LogP contribution is 2.12. The van der Waals surface area contributed by atoms with E-state index in [-0.39, 0.29) is 11.5 Å². The predicted molar refractivity (Wildman–Crippen MR) is 79.3 cm³/mol. The number of nitrogens with one attached hydrogen (secondary N) is 2. The standard InChI is InChI=1S/C14H13N5O/c15-17-14-16-12-9-5-4-8-11(12)13(20)19(14)18-10-6-2-1-3-7-10/h1-9,18H,15H2,(H,16,17). The molecule has 0 aliphatic rings. The highest BCUT2D eigenvalue weighted by Gasteiger charge is 2.09. The van der Waals surface area contributed by atoms with Gasteiger partial charge in [0.1, 0.15) is 0 Å².